The molecule has 0 heterocycles. The molecule has 4 aliphatic carbocycles. The maximum atomic E-state index is 10.6. The highest BCUT2D eigenvalue weighted by molar-refractivity contribution is 5.26. The maximum Gasteiger partial charge on any atom is 0.0657 e. The summed E-state index contributed by atoms with van der Waals surface area (Å²) in [6, 6.07) is 0. The smallest absolute Gasteiger partial charge is 0.0657 e. The zero-order valence-electron chi connectivity index (χ0n) is 24.8. The van der Waals surface area contributed by atoms with Crippen molar-refractivity contribution in [2.24, 2.45) is 34.5 Å². The fraction of sp³-hybridized carbons (Fsp3) is 0.938. The van der Waals surface area contributed by atoms with Gasteiger partial charge in [-0.15, -0.1) is 0 Å². The summed E-state index contributed by atoms with van der Waals surface area (Å²) < 4.78 is 0. The number of aliphatic hydroxyl groups is 2. The second-order valence-electron chi connectivity index (χ2n) is 11.7. The summed E-state index contributed by atoms with van der Waals surface area (Å²) in [5, 5.41) is 20.6. The van der Waals surface area contributed by atoms with E-state index < -0.39 is 5.60 Å². The Labute approximate surface area is 214 Å². The summed E-state index contributed by atoms with van der Waals surface area (Å²) in [5.74, 6) is 3.46. The molecule has 4 aliphatic rings. The molecule has 2 N–H and O–H groups in total. The lowest BCUT2D eigenvalue weighted by atomic mass is 9.46. The molecule has 8 atom stereocenters. The Balaban J connectivity index is 0.000000894. The molecule has 0 aromatic carbocycles. The first kappa shape index (κ1) is 31.7. The Hall–Kier alpha value is -0.340. The average Bonchev–Trinajstić information content (AvgIpc) is 3.19. The Bertz CT molecular complexity index is 608. The van der Waals surface area contributed by atoms with E-state index in [4.69, 9.17) is 0 Å². The van der Waals surface area contributed by atoms with E-state index in [2.05, 4.69) is 26.8 Å². The molecular weight excluding hydrogens is 416 g/mol. The van der Waals surface area contributed by atoms with Crippen molar-refractivity contribution in [1.82, 2.24) is 0 Å². The molecule has 0 aliphatic heterocycles. The summed E-state index contributed by atoms with van der Waals surface area (Å²) >= 11 is 0. The monoisotopic (exact) mass is 478 g/mol. The van der Waals surface area contributed by atoms with Crippen LogP contribution in [0.15, 0.2) is 11.6 Å². The summed E-state index contributed by atoms with van der Waals surface area (Å²) in [4.78, 5) is 0. The van der Waals surface area contributed by atoms with E-state index in [1.54, 1.807) is 5.57 Å². The highest BCUT2D eigenvalue weighted by atomic mass is 16.3. The summed E-state index contributed by atoms with van der Waals surface area (Å²) in [7, 11) is 0. The second kappa shape index (κ2) is 13.8. The Morgan fingerprint density at radius 3 is 2.18 bits per heavy atom. The van der Waals surface area contributed by atoms with Gasteiger partial charge in [-0.25, -0.2) is 0 Å². The first-order chi connectivity index (χ1) is 16.2. The minimum atomic E-state index is -0.483. The molecule has 0 radical (unpaired) electrons. The lowest BCUT2D eigenvalue weighted by molar-refractivity contribution is -0.0662. The normalized spacial score (nSPS) is 40.9. The Morgan fingerprint density at radius 1 is 0.912 bits per heavy atom. The molecule has 4 rings (SSSR count). The van der Waals surface area contributed by atoms with Crippen molar-refractivity contribution >= 4 is 0 Å². The summed E-state index contributed by atoms with van der Waals surface area (Å²) in [6.45, 7) is 21.3. The van der Waals surface area contributed by atoms with Crippen LogP contribution in [0, 0.1) is 34.5 Å². The number of aliphatic hydroxyl groups excluding tert-OH is 1. The van der Waals surface area contributed by atoms with Gasteiger partial charge in [0, 0.05) is 0 Å². The fourth-order valence-electron chi connectivity index (χ4n) is 8.19. The molecule has 0 amide bonds. The number of rotatable bonds is 5. The van der Waals surface area contributed by atoms with Crippen LogP contribution in [0.2, 0.25) is 0 Å². The van der Waals surface area contributed by atoms with Gasteiger partial charge in [-0.05, 0) is 112 Å². The molecule has 0 saturated heterocycles. The highest BCUT2D eigenvalue weighted by Gasteiger charge is 2.58. The molecule has 0 bridgehead atoms. The van der Waals surface area contributed by atoms with E-state index >= 15 is 0 Å². The van der Waals surface area contributed by atoms with Gasteiger partial charge in [0.1, 0.15) is 0 Å². The molecule has 34 heavy (non-hydrogen) atoms. The van der Waals surface area contributed by atoms with Gasteiger partial charge in [0.25, 0.3) is 0 Å². The van der Waals surface area contributed by atoms with Crippen molar-refractivity contribution in [2.75, 3.05) is 0 Å². The van der Waals surface area contributed by atoms with Gasteiger partial charge in [-0.3, -0.25) is 0 Å². The third kappa shape index (κ3) is 6.50. The number of allylic oxidation sites excluding steroid dienone is 1. The van der Waals surface area contributed by atoms with Gasteiger partial charge in [-0.2, -0.15) is 0 Å². The van der Waals surface area contributed by atoms with Gasteiger partial charge in [0.05, 0.1) is 11.7 Å². The SMILES string of the molecule is CC.CC.CC.CC[C@H](O)CCC[C@H]1CC[C@H]2[C@@H]3CC=C4C[C@@](C)(O)CC[C@]4(C)C3CC[C@]12C. The Morgan fingerprint density at radius 2 is 1.56 bits per heavy atom. The molecule has 0 aromatic heterocycles. The predicted molar refractivity (Wildman–Crippen MR) is 150 cm³/mol. The van der Waals surface area contributed by atoms with E-state index in [1.165, 1.54) is 51.4 Å². The highest BCUT2D eigenvalue weighted by Crippen LogP contribution is 2.67. The van der Waals surface area contributed by atoms with Crippen LogP contribution in [0.5, 0.6) is 0 Å². The van der Waals surface area contributed by atoms with Crippen molar-refractivity contribution in [3.8, 4) is 0 Å². The van der Waals surface area contributed by atoms with E-state index in [1.807, 2.05) is 48.5 Å². The molecule has 3 saturated carbocycles. The zero-order chi connectivity index (χ0) is 26.2. The topological polar surface area (TPSA) is 40.5 Å². The lowest BCUT2D eigenvalue weighted by Gasteiger charge is -2.59. The molecular formula is C32H62O2. The van der Waals surface area contributed by atoms with Crippen molar-refractivity contribution in [3.05, 3.63) is 11.6 Å². The second-order valence-corrected chi connectivity index (χ2v) is 11.7. The van der Waals surface area contributed by atoms with Crippen molar-refractivity contribution < 1.29 is 10.2 Å². The molecule has 2 heteroatoms. The minimum absolute atomic E-state index is 0.0916. The molecule has 202 valence electrons. The third-order valence-corrected chi connectivity index (χ3v) is 10.1. The van der Waals surface area contributed by atoms with Crippen molar-refractivity contribution in [1.29, 1.82) is 0 Å². The zero-order valence-corrected chi connectivity index (χ0v) is 24.8. The van der Waals surface area contributed by atoms with Crippen LogP contribution in [-0.4, -0.2) is 21.9 Å². The van der Waals surface area contributed by atoms with Crippen LogP contribution in [0.25, 0.3) is 0 Å². The Kier molecular flexibility index (Phi) is 12.9. The van der Waals surface area contributed by atoms with Crippen molar-refractivity contribution in [3.63, 3.8) is 0 Å². The van der Waals surface area contributed by atoms with Gasteiger partial charge in [-0.1, -0.05) is 80.4 Å². The summed E-state index contributed by atoms with van der Waals surface area (Å²) in [5.41, 5.74) is 1.97. The van der Waals surface area contributed by atoms with Gasteiger partial charge >= 0.3 is 0 Å². The van der Waals surface area contributed by atoms with E-state index in [0.29, 0.717) is 10.8 Å². The summed E-state index contributed by atoms with van der Waals surface area (Å²) in [6.07, 6.45) is 16.8. The third-order valence-electron chi connectivity index (χ3n) is 10.1. The number of fused-ring (bicyclic) bond motifs is 5. The van der Waals surface area contributed by atoms with Crippen LogP contribution in [-0.2, 0) is 0 Å². The quantitative estimate of drug-likeness (QED) is 0.386. The van der Waals surface area contributed by atoms with Crippen LogP contribution in [0.4, 0.5) is 0 Å². The molecule has 0 spiro atoms. The molecule has 2 nitrogen and oxygen atoms in total. The fourth-order valence-corrected chi connectivity index (χ4v) is 8.19. The van der Waals surface area contributed by atoms with E-state index in [0.717, 1.165) is 49.4 Å². The van der Waals surface area contributed by atoms with Crippen molar-refractivity contribution in [2.45, 2.75) is 158 Å². The van der Waals surface area contributed by atoms with Crippen LogP contribution in [0.1, 0.15) is 146 Å². The molecule has 1 unspecified atom stereocenters. The number of hydrogen-bond donors (Lipinski definition) is 2. The average molecular weight is 479 g/mol. The molecule has 0 aromatic rings. The standard InChI is InChI=1S/C26H44O2.3C2H6/c1-5-20(27)8-6-7-18-10-12-22-21-11-9-19-17-24(2,28)15-16-26(19,4)23(21)13-14-25(18,22)3;3*1-2/h9,18,20-23,27-28H,5-8,10-17H2,1-4H3;3*1-2H3/t18-,20-,21-,22-,23?,24-,25+,26-;;;/m0.../s1. The van der Waals surface area contributed by atoms with Gasteiger partial charge < -0.3 is 10.2 Å². The minimum Gasteiger partial charge on any atom is -0.393 e. The van der Waals surface area contributed by atoms with Crippen LogP contribution in [0.3, 0.4) is 0 Å². The van der Waals surface area contributed by atoms with E-state index in [9.17, 15) is 10.2 Å². The lowest BCUT2D eigenvalue weighted by Crippen LogP contribution is -2.51. The predicted octanol–water partition coefficient (Wildman–Crippen LogP) is 9.34. The van der Waals surface area contributed by atoms with E-state index in [-0.39, 0.29) is 6.10 Å². The first-order valence-electron chi connectivity index (χ1n) is 15.3. The first-order valence-corrected chi connectivity index (χ1v) is 15.3. The number of hydrogen-bond acceptors (Lipinski definition) is 2. The van der Waals surface area contributed by atoms with Crippen LogP contribution >= 0.6 is 0 Å². The molecule has 3 fully saturated rings. The van der Waals surface area contributed by atoms with Gasteiger partial charge in [0.15, 0.2) is 0 Å². The largest absolute Gasteiger partial charge is 0.393 e. The van der Waals surface area contributed by atoms with Crippen LogP contribution < -0.4 is 0 Å². The maximum absolute atomic E-state index is 10.6. The van der Waals surface area contributed by atoms with Gasteiger partial charge in [0.2, 0.25) is 0 Å².